The molecule has 0 aromatic heterocycles. The van der Waals surface area contributed by atoms with Crippen LogP contribution in [0.2, 0.25) is 0 Å². The number of benzene rings is 3. The smallest absolute Gasteiger partial charge is 0.325 e. The van der Waals surface area contributed by atoms with Crippen LogP contribution < -0.4 is 4.90 Å². The first-order valence-electron chi connectivity index (χ1n) is 12.8. The van der Waals surface area contributed by atoms with Crippen LogP contribution >= 0.6 is 0 Å². The SMILES string of the molecule is CCCN1C(=O)N(C2CCN(Cc3cccc(CO)c3)CC2)C(c2ccccc2)c2ccccc21. The molecule has 5 nitrogen and oxygen atoms in total. The summed E-state index contributed by atoms with van der Waals surface area (Å²) in [6, 6.07) is 27.4. The lowest BCUT2D eigenvalue weighted by Crippen LogP contribution is -2.56. The van der Waals surface area contributed by atoms with Crippen molar-refractivity contribution in [3.8, 4) is 0 Å². The molecule has 5 heteroatoms. The van der Waals surface area contributed by atoms with Gasteiger partial charge in [-0.15, -0.1) is 0 Å². The number of para-hydroxylation sites is 1. The molecule has 3 aromatic carbocycles. The fourth-order valence-corrected chi connectivity index (χ4v) is 5.69. The number of fused-ring (bicyclic) bond motifs is 1. The van der Waals surface area contributed by atoms with Gasteiger partial charge in [0.05, 0.1) is 18.3 Å². The number of hydrogen-bond acceptors (Lipinski definition) is 3. The van der Waals surface area contributed by atoms with Crippen molar-refractivity contribution >= 4 is 11.7 Å². The zero-order chi connectivity index (χ0) is 24.2. The van der Waals surface area contributed by atoms with Crippen molar-refractivity contribution in [2.24, 2.45) is 0 Å². The normalized spacial score (nSPS) is 19.1. The molecule has 0 aliphatic carbocycles. The molecule has 2 aliphatic heterocycles. The van der Waals surface area contributed by atoms with E-state index in [0.717, 1.165) is 56.7 Å². The maximum Gasteiger partial charge on any atom is 0.325 e. The summed E-state index contributed by atoms with van der Waals surface area (Å²) in [6.45, 7) is 5.72. The molecule has 3 aromatic rings. The Bertz CT molecular complexity index is 1140. The summed E-state index contributed by atoms with van der Waals surface area (Å²) < 4.78 is 0. The minimum absolute atomic E-state index is 0.0641. The summed E-state index contributed by atoms with van der Waals surface area (Å²) >= 11 is 0. The highest BCUT2D eigenvalue weighted by Gasteiger charge is 2.42. The molecule has 2 aliphatic rings. The van der Waals surface area contributed by atoms with E-state index in [9.17, 15) is 9.90 Å². The van der Waals surface area contributed by atoms with Crippen molar-refractivity contribution in [1.82, 2.24) is 9.80 Å². The molecule has 0 spiro atoms. The van der Waals surface area contributed by atoms with Crippen LogP contribution in [0, 0.1) is 0 Å². The van der Waals surface area contributed by atoms with Crippen molar-refractivity contribution in [3.05, 3.63) is 101 Å². The van der Waals surface area contributed by atoms with Crippen LogP contribution in [0.1, 0.15) is 54.5 Å². The third-order valence-electron chi connectivity index (χ3n) is 7.35. The number of amides is 2. The highest BCUT2D eigenvalue weighted by Crippen LogP contribution is 2.43. The molecule has 5 rings (SSSR count). The largest absolute Gasteiger partial charge is 0.392 e. The fourth-order valence-electron chi connectivity index (χ4n) is 5.69. The van der Waals surface area contributed by atoms with Crippen LogP contribution in [0.25, 0.3) is 0 Å². The molecule has 2 heterocycles. The van der Waals surface area contributed by atoms with Crippen LogP contribution in [0.3, 0.4) is 0 Å². The molecular weight excluding hydrogens is 434 g/mol. The summed E-state index contributed by atoms with van der Waals surface area (Å²) in [7, 11) is 0. The van der Waals surface area contributed by atoms with Gasteiger partial charge in [0, 0.05) is 37.8 Å². The number of nitrogens with zero attached hydrogens (tertiary/aromatic N) is 3. The van der Waals surface area contributed by atoms with Gasteiger partial charge in [0.1, 0.15) is 0 Å². The number of anilines is 1. The minimum Gasteiger partial charge on any atom is -0.392 e. The lowest BCUT2D eigenvalue weighted by Gasteiger charge is -2.48. The lowest BCUT2D eigenvalue weighted by atomic mass is 9.89. The average Bonchev–Trinajstić information content (AvgIpc) is 2.91. The molecule has 0 saturated carbocycles. The standard InChI is InChI=1S/C30H35N3O2/c1-2-17-32-28-14-7-6-13-27(28)29(25-11-4-3-5-12-25)33(30(32)35)26-15-18-31(19-16-26)21-23-9-8-10-24(20-23)22-34/h3-14,20,26,29,34H,2,15-19,21-22H2,1H3. The number of aliphatic hydroxyl groups is 1. The van der Waals surface area contributed by atoms with E-state index in [-0.39, 0.29) is 24.7 Å². The van der Waals surface area contributed by atoms with Crippen molar-refractivity contribution in [1.29, 1.82) is 0 Å². The van der Waals surface area contributed by atoms with Crippen molar-refractivity contribution in [3.63, 3.8) is 0 Å². The van der Waals surface area contributed by atoms with Gasteiger partial charge < -0.3 is 10.0 Å². The summed E-state index contributed by atoms with van der Waals surface area (Å²) in [6.07, 6.45) is 2.84. The summed E-state index contributed by atoms with van der Waals surface area (Å²) in [5, 5.41) is 9.46. The Hall–Kier alpha value is -3.15. The highest BCUT2D eigenvalue weighted by atomic mass is 16.3. The highest BCUT2D eigenvalue weighted by molar-refractivity contribution is 5.96. The molecule has 1 N–H and O–H groups in total. The molecule has 0 bridgehead atoms. The van der Waals surface area contributed by atoms with Crippen LogP contribution in [-0.2, 0) is 13.2 Å². The number of carbonyl (C=O) groups is 1. The van der Waals surface area contributed by atoms with Gasteiger partial charge in [0.25, 0.3) is 0 Å². The quantitative estimate of drug-likeness (QED) is 0.491. The van der Waals surface area contributed by atoms with Crippen LogP contribution in [0.5, 0.6) is 0 Å². The molecule has 0 radical (unpaired) electrons. The Labute approximate surface area is 208 Å². The molecule has 1 atom stereocenters. The summed E-state index contributed by atoms with van der Waals surface area (Å²) in [5.74, 6) is 0. The molecule has 1 saturated heterocycles. The Kier molecular flexibility index (Phi) is 7.16. The van der Waals surface area contributed by atoms with Crippen LogP contribution in [0.4, 0.5) is 10.5 Å². The fraction of sp³-hybridized carbons (Fsp3) is 0.367. The van der Waals surface area contributed by atoms with E-state index in [1.165, 1.54) is 16.7 Å². The molecule has 2 amide bonds. The maximum atomic E-state index is 14.0. The maximum absolute atomic E-state index is 14.0. The van der Waals surface area contributed by atoms with E-state index in [0.29, 0.717) is 0 Å². The van der Waals surface area contributed by atoms with E-state index in [1.54, 1.807) is 0 Å². The topological polar surface area (TPSA) is 47.0 Å². The first-order chi connectivity index (χ1) is 17.2. The Morgan fingerprint density at radius 1 is 0.886 bits per heavy atom. The second-order valence-electron chi connectivity index (χ2n) is 9.70. The van der Waals surface area contributed by atoms with Gasteiger partial charge in [-0.25, -0.2) is 4.79 Å². The molecule has 1 fully saturated rings. The van der Waals surface area contributed by atoms with Gasteiger partial charge in [-0.1, -0.05) is 79.7 Å². The number of rotatable bonds is 7. The lowest BCUT2D eigenvalue weighted by molar-refractivity contribution is 0.101. The Morgan fingerprint density at radius 2 is 1.60 bits per heavy atom. The number of carbonyl (C=O) groups excluding carboxylic acids is 1. The first-order valence-corrected chi connectivity index (χ1v) is 12.8. The van der Waals surface area contributed by atoms with E-state index in [4.69, 9.17) is 0 Å². The third-order valence-corrected chi connectivity index (χ3v) is 7.35. The number of piperidine rings is 1. The van der Waals surface area contributed by atoms with Gasteiger partial charge >= 0.3 is 6.03 Å². The summed E-state index contributed by atoms with van der Waals surface area (Å²) in [4.78, 5) is 20.7. The van der Waals surface area contributed by atoms with Crippen molar-refractivity contribution in [2.75, 3.05) is 24.5 Å². The Morgan fingerprint density at radius 3 is 2.34 bits per heavy atom. The van der Waals surface area contributed by atoms with Crippen molar-refractivity contribution in [2.45, 2.75) is 51.4 Å². The van der Waals surface area contributed by atoms with Gasteiger partial charge in [-0.05, 0) is 42.0 Å². The first kappa shape index (κ1) is 23.6. The molecular formula is C30H35N3O2. The van der Waals surface area contributed by atoms with Crippen molar-refractivity contribution < 1.29 is 9.90 Å². The van der Waals surface area contributed by atoms with Gasteiger partial charge in [0.2, 0.25) is 0 Å². The monoisotopic (exact) mass is 469 g/mol. The summed E-state index contributed by atoms with van der Waals surface area (Å²) in [5.41, 5.74) is 5.62. The zero-order valence-electron chi connectivity index (χ0n) is 20.5. The van der Waals surface area contributed by atoms with E-state index >= 15 is 0 Å². The molecule has 35 heavy (non-hydrogen) atoms. The third kappa shape index (κ3) is 4.84. The second-order valence-corrected chi connectivity index (χ2v) is 9.70. The predicted octanol–water partition coefficient (Wildman–Crippen LogP) is 5.58. The van der Waals surface area contributed by atoms with E-state index in [1.807, 2.05) is 29.2 Å². The number of aliphatic hydroxyl groups excluding tert-OH is 1. The number of likely N-dealkylation sites (tertiary alicyclic amines) is 1. The zero-order valence-corrected chi connectivity index (χ0v) is 20.5. The van der Waals surface area contributed by atoms with E-state index in [2.05, 4.69) is 71.3 Å². The molecule has 1 unspecified atom stereocenters. The minimum atomic E-state index is -0.0641. The van der Waals surface area contributed by atoms with Crippen LogP contribution in [0.15, 0.2) is 78.9 Å². The van der Waals surface area contributed by atoms with E-state index < -0.39 is 0 Å². The average molecular weight is 470 g/mol. The number of hydrogen-bond donors (Lipinski definition) is 1. The van der Waals surface area contributed by atoms with Gasteiger partial charge in [0.15, 0.2) is 0 Å². The molecule has 182 valence electrons. The van der Waals surface area contributed by atoms with Gasteiger partial charge in [-0.2, -0.15) is 0 Å². The number of urea groups is 1. The predicted molar refractivity (Wildman–Crippen MR) is 140 cm³/mol. The Balaban J connectivity index is 1.41. The van der Waals surface area contributed by atoms with Gasteiger partial charge in [-0.3, -0.25) is 9.80 Å². The van der Waals surface area contributed by atoms with Crippen LogP contribution in [-0.4, -0.2) is 46.6 Å². The second kappa shape index (κ2) is 10.6.